The lowest BCUT2D eigenvalue weighted by molar-refractivity contribution is -0.126. The summed E-state index contributed by atoms with van der Waals surface area (Å²) in [5, 5.41) is 5.53. The van der Waals surface area contributed by atoms with E-state index in [0.29, 0.717) is 17.8 Å². The minimum atomic E-state index is -0.586. The van der Waals surface area contributed by atoms with E-state index < -0.39 is 11.7 Å². The number of fused-ring (bicyclic) bond motifs is 1. The molecule has 1 aliphatic rings. The van der Waals surface area contributed by atoms with Gasteiger partial charge >= 0.3 is 0 Å². The smallest absolute Gasteiger partial charge is 0.228 e. The van der Waals surface area contributed by atoms with Gasteiger partial charge in [0.15, 0.2) is 0 Å². The quantitative estimate of drug-likeness (QED) is 0.907. The monoisotopic (exact) mass is 326 g/mol. The molecule has 0 saturated carbocycles. The summed E-state index contributed by atoms with van der Waals surface area (Å²) in [5.41, 5.74) is 2.17. The van der Waals surface area contributed by atoms with Crippen LogP contribution < -0.4 is 10.6 Å². The van der Waals surface area contributed by atoms with Gasteiger partial charge in [0.1, 0.15) is 5.82 Å². The molecule has 0 aliphatic carbocycles. The van der Waals surface area contributed by atoms with Crippen LogP contribution in [0.5, 0.6) is 0 Å². The standard InChI is InChI=1S/C19H19FN2O2/c1-12(13-5-3-2-4-6-13)11-21-19(24)16-10-18(23)22-17-9-14(20)7-8-15(16)17/h2-9,12,16H,10-11H2,1H3,(H,21,24)(H,22,23)/t12-,16+/m0/s1. The Bertz CT molecular complexity index is 761. The van der Waals surface area contributed by atoms with Gasteiger partial charge < -0.3 is 10.6 Å². The van der Waals surface area contributed by atoms with E-state index in [1.165, 1.54) is 12.1 Å². The molecule has 24 heavy (non-hydrogen) atoms. The van der Waals surface area contributed by atoms with Gasteiger partial charge in [0.25, 0.3) is 0 Å². The second kappa shape index (κ2) is 6.83. The molecule has 0 saturated heterocycles. The molecule has 2 N–H and O–H groups in total. The summed E-state index contributed by atoms with van der Waals surface area (Å²) in [7, 11) is 0. The van der Waals surface area contributed by atoms with Crippen molar-refractivity contribution in [1.29, 1.82) is 0 Å². The van der Waals surface area contributed by atoms with Gasteiger partial charge in [-0.25, -0.2) is 4.39 Å². The maximum absolute atomic E-state index is 13.3. The zero-order chi connectivity index (χ0) is 17.1. The van der Waals surface area contributed by atoms with E-state index in [4.69, 9.17) is 0 Å². The second-order valence-electron chi connectivity index (χ2n) is 6.09. The third kappa shape index (κ3) is 3.45. The first kappa shape index (κ1) is 16.2. The number of nitrogens with one attached hydrogen (secondary N) is 2. The zero-order valence-electron chi connectivity index (χ0n) is 13.4. The van der Waals surface area contributed by atoms with Crippen LogP contribution in [-0.4, -0.2) is 18.4 Å². The van der Waals surface area contributed by atoms with Gasteiger partial charge in [-0.15, -0.1) is 0 Å². The van der Waals surface area contributed by atoms with Crippen molar-refractivity contribution in [1.82, 2.24) is 5.32 Å². The van der Waals surface area contributed by atoms with Crippen LogP contribution in [0.3, 0.4) is 0 Å². The highest BCUT2D eigenvalue weighted by Crippen LogP contribution is 2.32. The molecule has 0 bridgehead atoms. The minimum absolute atomic E-state index is 0.0736. The van der Waals surface area contributed by atoms with E-state index in [2.05, 4.69) is 10.6 Å². The van der Waals surface area contributed by atoms with Crippen molar-refractivity contribution < 1.29 is 14.0 Å². The van der Waals surface area contributed by atoms with Crippen molar-refractivity contribution in [3.8, 4) is 0 Å². The average Bonchev–Trinajstić information content (AvgIpc) is 2.59. The Kier molecular flexibility index (Phi) is 4.60. The first-order chi connectivity index (χ1) is 11.5. The number of anilines is 1. The van der Waals surface area contributed by atoms with Crippen LogP contribution in [0.25, 0.3) is 0 Å². The molecule has 2 aromatic rings. The Hall–Kier alpha value is -2.69. The van der Waals surface area contributed by atoms with Crippen molar-refractivity contribution in [2.45, 2.75) is 25.2 Å². The molecule has 0 aromatic heterocycles. The number of hydrogen-bond donors (Lipinski definition) is 2. The number of carbonyl (C=O) groups excluding carboxylic acids is 2. The fraction of sp³-hybridized carbons (Fsp3) is 0.263. The lowest BCUT2D eigenvalue weighted by Crippen LogP contribution is -2.36. The summed E-state index contributed by atoms with van der Waals surface area (Å²) in [6.07, 6.45) is 0.0736. The maximum Gasteiger partial charge on any atom is 0.228 e. The van der Waals surface area contributed by atoms with Crippen molar-refractivity contribution in [2.24, 2.45) is 0 Å². The fourth-order valence-corrected chi connectivity index (χ4v) is 2.95. The van der Waals surface area contributed by atoms with Gasteiger partial charge in [-0.05, 0) is 29.2 Å². The van der Waals surface area contributed by atoms with Crippen LogP contribution in [0, 0.1) is 5.82 Å². The molecule has 2 amide bonds. The Balaban J connectivity index is 1.70. The zero-order valence-corrected chi connectivity index (χ0v) is 13.4. The van der Waals surface area contributed by atoms with Crippen molar-refractivity contribution >= 4 is 17.5 Å². The molecule has 4 nitrogen and oxygen atoms in total. The Morgan fingerprint density at radius 2 is 2.04 bits per heavy atom. The molecule has 1 heterocycles. The molecule has 1 aliphatic heterocycles. The summed E-state index contributed by atoms with van der Waals surface area (Å²) in [6, 6.07) is 14.0. The predicted molar refractivity (Wildman–Crippen MR) is 90.3 cm³/mol. The molecule has 0 radical (unpaired) electrons. The topological polar surface area (TPSA) is 58.2 Å². The normalized spacial score (nSPS) is 17.6. The molecule has 2 atom stereocenters. The number of hydrogen-bond acceptors (Lipinski definition) is 2. The van der Waals surface area contributed by atoms with Crippen molar-refractivity contribution in [3.05, 3.63) is 65.5 Å². The van der Waals surface area contributed by atoms with E-state index >= 15 is 0 Å². The summed E-state index contributed by atoms with van der Waals surface area (Å²) in [4.78, 5) is 24.3. The third-order valence-electron chi connectivity index (χ3n) is 4.32. The predicted octanol–water partition coefficient (Wildman–Crippen LogP) is 3.17. The minimum Gasteiger partial charge on any atom is -0.355 e. The van der Waals surface area contributed by atoms with Gasteiger partial charge in [0, 0.05) is 18.7 Å². The molecule has 0 unspecified atom stereocenters. The van der Waals surface area contributed by atoms with Crippen molar-refractivity contribution in [2.75, 3.05) is 11.9 Å². The third-order valence-corrected chi connectivity index (χ3v) is 4.32. The number of carbonyl (C=O) groups is 2. The number of halogens is 1. The van der Waals surface area contributed by atoms with Crippen LogP contribution >= 0.6 is 0 Å². The number of amides is 2. The number of benzene rings is 2. The molecule has 0 fully saturated rings. The van der Waals surface area contributed by atoms with Crippen LogP contribution in [0.15, 0.2) is 48.5 Å². The molecule has 5 heteroatoms. The van der Waals surface area contributed by atoms with E-state index in [-0.39, 0.29) is 24.2 Å². The van der Waals surface area contributed by atoms with E-state index in [1.807, 2.05) is 37.3 Å². The first-order valence-electron chi connectivity index (χ1n) is 7.96. The molecular weight excluding hydrogens is 307 g/mol. The molecular formula is C19H19FN2O2. The van der Waals surface area contributed by atoms with E-state index in [0.717, 1.165) is 5.56 Å². The molecule has 124 valence electrons. The average molecular weight is 326 g/mol. The Morgan fingerprint density at radius 3 is 2.79 bits per heavy atom. The SMILES string of the molecule is C[C@@H](CNC(=O)[C@@H]1CC(=O)Nc2cc(F)ccc21)c1ccccc1. The molecule has 2 aromatic carbocycles. The Morgan fingerprint density at radius 1 is 1.29 bits per heavy atom. The molecule has 0 spiro atoms. The van der Waals surface area contributed by atoms with Gasteiger partial charge in [-0.1, -0.05) is 43.3 Å². The van der Waals surface area contributed by atoms with Gasteiger partial charge in [0.05, 0.1) is 5.92 Å². The maximum atomic E-state index is 13.3. The van der Waals surface area contributed by atoms with Crippen LogP contribution in [0.4, 0.5) is 10.1 Å². The van der Waals surface area contributed by atoms with Gasteiger partial charge in [-0.2, -0.15) is 0 Å². The van der Waals surface area contributed by atoms with Crippen LogP contribution in [0.2, 0.25) is 0 Å². The largest absolute Gasteiger partial charge is 0.355 e. The lowest BCUT2D eigenvalue weighted by Gasteiger charge is -2.25. The summed E-state index contributed by atoms with van der Waals surface area (Å²) in [6.45, 7) is 2.52. The number of rotatable bonds is 4. The highest BCUT2D eigenvalue weighted by molar-refractivity contribution is 6.01. The lowest BCUT2D eigenvalue weighted by atomic mass is 9.89. The molecule has 3 rings (SSSR count). The van der Waals surface area contributed by atoms with E-state index in [9.17, 15) is 14.0 Å². The van der Waals surface area contributed by atoms with Crippen LogP contribution in [0.1, 0.15) is 36.3 Å². The highest BCUT2D eigenvalue weighted by atomic mass is 19.1. The highest BCUT2D eigenvalue weighted by Gasteiger charge is 2.30. The summed E-state index contributed by atoms with van der Waals surface area (Å²) >= 11 is 0. The first-order valence-corrected chi connectivity index (χ1v) is 7.96. The summed E-state index contributed by atoms with van der Waals surface area (Å²) < 4.78 is 13.3. The van der Waals surface area contributed by atoms with Gasteiger partial charge in [-0.3, -0.25) is 9.59 Å². The second-order valence-corrected chi connectivity index (χ2v) is 6.09. The van der Waals surface area contributed by atoms with E-state index in [1.54, 1.807) is 6.07 Å². The van der Waals surface area contributed by atoms with Crippen LogP contribution in [-0.2, 0) is 9.59 Å². The Labute approximate surface area is 140 Å². The fourth-order valence-electron chi connectivity index (χ4n) is 2.95. The summed E-state index contributed by atoms with van der Waals surface area (Å²) in [5.74, 6) is -1.34. The van der Waals surface area contributed by atoms with Gasteiger partial charge in [0.2, 0.25) is 11.8 Å². The van der Waals surface area contributed by atoms with Crippen molar-refractivity contribution in [3.63, 3.8) is 0 Å².